The van der Waals surface area contributed by atoms with Crippen LogP contribution in [0.4, 0.5) is 10.6 Å². The van der Waals surface area contributed by atoms with Crippen molar-refractivity contribution in [1.29, 1.82) is 0 Å². The van der Waals surface area contributed by atoms with Crippen LogP contribution in [0.5, 0.6) is 5.88 Å². The summed E-state index contributed by atoms with van der Waals surface area (Å²) in [7, 11) is 3.32. The summed E-state index contributed by atoms with van der Waals surface area (Å²) in [5, 5.41) is 0.768. The molecule has 1 fully saturated rings. The van der Waals surface area contributed by atoms with Crippen LogP contribution in [0.1, 0.15) is 51.8 Å². The Balaban J connectivity index is 1.66. The van der Waals surface area contributed by atoms with Crippen LogP contribution in [0.25, 0.3) is 0 Å². The summed E-state index contributed by atoms with van der Waals surface area (Å²) < 4.78 is 10.7. The van der Waals surface area contributed by atoms with E-state index in [9.17, 15) is 4.79 Å². The second-order valence-electron chi connectivity index (χ2n) is 9.46. The van der Waals surface area contributed by atoms with Gasteiger partial charge in [0.05, 0.1) is 19.0 Å². The number of nitrogens with zero attached hydrogens (tertiary/aromatic N) is 5. The molecule has 3 heterocycles. The van der Waals surface area contributed by atoms with Gasteiger partial charge in [-0.3, -0.25) is 4.98 Å². The lowest BCUT2D eigenvalue weighted by atomic mass is 9.88. The van der Waals surface area contributed by atoms with E-state index in [0.29, 0.717) is 34.0 Å². The summed E-state index contributed by atoms with van der Waals surface area (Å²) in [4.78, 5) is 29.6. The summed E-state index contributed by atoms with van der Waals surface area (Å²) in [5.41, 5.74) is 0.614. The van der Waals surface area contributed by atoms with Crippen molar-refractivity contribution in [3.63, 3.8) is 0 Å². The Labute approximate surface area is 205 Å². The maximum atomic E-state index is 12.5. The van der Waals surface area contributed by atoms with E-state index in [1.807, 2.05) is 26.8 Å². The van der Waals surface area contributed by atoms with Gasteiger partial charge in [0, 0.05) is 38.3 Å². The molecule has 0 radical (unpaired) electrons. The van der Waals surface area contributed by atoms with Gasteiger partial charge >= 0.3 is 6.09 Å². The monoisotopic (exact) mass is 495 g/mol. The van der Waals surface area contributed by atoms with Crippen molar-refractivity contribution in [3.05, 3.63) is 39.9 Å². The molecule has 1 aliphatic rings. The molecule has 1 saturated heterocycles. The number of aromatic nitrogens is 3. The molecule has 0 bridgehead atoms. The van der Waals surface area contributed by atoms with E-state index in [-0.39, 0.29) is 11.6 Å². The summed E-state index contributed by atoms with van der Waals surface area (Å²) >= 11 is 12.8. The summed E-state index contributed by atoms with van der Waals surface area (Å²) in [5.74, 6) is 1.08. The van der Waals surface area contributed by atoms with E-state index in [1.165, 1.54) is 7.11 Å². The van der Waals surface area contributed by atoms with Crippen LogP contribution in [0.2, 0.25) is 10.2 Å². The van der Waals surface area contributed by atoms with Gasteiger partial charge in [-0.1, -0.05) is 23.2 Å². The first kappa shape index (κ1) is 25.3. The van der Waals surface area contributed by atoms with Crippen molar-refractivity contribution >= 4 is 35.1 Å². The van der Waals surface area contributed by atoms with Gasteiger partial charge in [0.2, 0.25) is 5.88 Å². The Kier molecular flexibility index (Phi) is 7.59. The van der Waals surface area contributed by atoms with Crippen molar-refractivity contribution < 1.29 is 14.3 Å². The Bertz CT molecular complexity index is 1000. The number of carbonyl (C=O) groups is 1. The summed E-state index contributed by atoms with van der Waals surface area (Å²) in [6, 6.07) is 1.81. The lowest BCUT2D eigenvalue weighted by molar-refractivity contribution is 0.00345. The van der Waals surface area contributed by atoms with Crippen LogP contribution < -0.4 is 9.64 Å². The summed E-state index contributed by atoms with van der Waals surface area (Å²) in [6.45, 7) is 9.14. The number of pyridine rings is 1. The molecule has 1 amide bonds. The minimum absolute atomic E-state index is 0.298. The number of anilines is 1. The molecule has 3 rings (SSSR count). The zero-order valence-corrected chi connectivity index (χ0v) is 21.5. The molecule has 0 saturated carbocycles. The van der Waals surface area contributed by atoms with Crippen molar-refractivity contribution in [2.24, 2.45) is 0 Å². The highest BCUT2D eigenvalue weighted by Gasteiger charge is 2.38. The number of hydrogen-bond acceptors (Lipinski definition) is 7. The second-order valence-corrected chi connectivity index (χ2v) is 10.2. The average molecular weight is 496 g/mol. The molecule has 0 spiro atoms. The molecule has 0 aromatic carbocycles. The second kappa shape index (κ2) is 9.89. The van der Waals surface area contributed by atoms with Gasteiger partial charge < -0.3 is 19.3 Å². The number of hydrogen-bond donors (Lipinski definition) is 0. The normalized spacial score (nSPS) is 15.8. The maximum Gasteiger partial charge on any atom is 0.410 e. The number of piperidine rings is 1. The number of methoxy groups -OCH3 is 1. The molecule has 0 N–H and O–H groups in total. The molecule has 0 aliphatic carbocycles. The quantitative estimate of drug-likeness (QED) is 0.576. The number of carbonyl (C=O) groups excluding carboxylic acids is 1. The van der Waals surface area contributed by atoms with Crippen LogP contribution in [0, 0.1) is 0 Å². The Morgan fingerprint density at radius 3 is 2.48 bits per heavy atom. The Hall–Kier alpha value is -2.32. The Morgan fingerprint density at radius 1 is 1.24 bits per heavy atom. The van der Waals surface area contributed by atoms with E-state index in [1.54, 1.807) is 24.3 Å². The maximum absolute atomic E-state index is 12.5. The topological polar surface area (TPSA) is 80.7 Å². The highest BCUT2D eigenvalue weighted by Crippen LogP contribution is 2.32. The zero-order valence-electron chi connectivity index (χ0n) is 20.0. The van der Waals surface area contributed by atoms with Crippen molar-refractivity contribution in [2.75, 3.05) is 32.1 Å². The van der Waals surface area contributed by atoms with Gasteiger partial charge in [0.1, 0.15) is 16.4 Å². The standard InChI is InChI=1S/C23H31Cl2N5O3/c1-22(2,3)33-21(31)29(5)23(4)8-11-30(12-9-23)17-14-27-16(19(25)28-17)13-15-7-10-26-20(32-6)18(15)24/h7,10,14H,8-9,11-13H2,1-6H3. The van der Waals surface area contributed by atoms with Crippen LogP contribution >= 0.6 is 23.2 Å². The molecule has 10 heteroatoms. The number of amides is 1. The minimum atomic E-state index is -0.526. The minimum Gasteiger partial charge on any atom is -0.480 e. The highest BCUT2D eigenvalue weighted by molar-refractivity contribution is 6.32. The van der Waals surface area contributed by atoms with Crippen molar-refractivity contribution in [3.8, 4) is 5.88 Å². The molecule has 1 aliphatic heterocycles. The third-order valence-corrected chi connectivity index (χ3v) is 6.62. The molecular formula is C23H31Cl2N5O3. The predicted octanol–water partition coefficient (Wildman–Crippen LogP) is 5.00. The highest BCUT2D eigenvalue weighted by atomic mass is 35.5. The molecular weight excluding hydrogens is 465 g/mol. The molecule has 2 aromatic heterocycles. The fraction of sp³-hybridized carbons (Fsp3) is 0.565. The van der Waals surface area contributed by atoms with E-state index in [0.717, 1.165) is 31.5 Å². The number of rotatable bonds is 5. The number of halogens is 2. The predicted molar refractivity (Wildman–Crippen MR) is 129 cm³/mol. The first-order valence-corrected chi connectivity index (χ1v) is 11.6. The first-order valence-electron chi connectivity index (χ1n) is 10.8. The van der Waals surface area contributed by atoms with E-state index < -0.39 is 5.60 Å². The van der Waals surface area contributed by atoms with Crippen LogP contribution in [-0.2, 0) is 11.2 Å². The third-order valence-electron chi connectivity index (χ3n) is 5.92. The van der Waals surface area contributed by atoms with Gasteiger partial charge in [-0.25, -0.2) is 14.8 Å². The van der Waals surface area contributed by atoms with Crippen LogP contribution in [0.3, 0.4) is 0 Å². The molecule has 8 nitrogen and oxygen atoms in total. The van der Waals surface area contributed by atoms with Gasteiger partial charge in [-0.15, -0.1) is 0 Å². The van der Waals surface area contributed by atoms with E-state index in [4.69, 9.17) is 32.7 Å². The van der Waals surface area contributed by atoms with E-state index in [2.05, 4.69) is 26.8 Å². The largest absolute Gasteiger partial charge is 0.480 e. The Morgan fingerprint density at radius 2 is 1.91 bits per heavy atom. The molecule has 0 unspecified atom stereocenters. The fourth-order valence-corrected chi connectivity index (χ4v) is 4.14. The molecule has 180 valence electrons. The molecule has 33 heavy (non-hydrogen) atoms. The fourth-order valence-electron chi connectivity index (χ4n) is 3.68. The van der Waals surface area contributed by atoms with Gasteiger partial charge in [0.15, 0.2) is 5.15 Å². The lowest BCUT2D eigenvalue weighted by Gasteiger charge is -2.45. The van der Waals surface area contributed by atoms with Gasteiger partial charge in [-0.2, -0.15) is 0 Å². The van der Waals surface area contributed by atoms with Gasteiger partial charge in [-0.05, 0) is 52.2 Å². The average Bonchev–Trinajstić information content (AvgIpc) is 2.75. The first-order chi connectivity index (χ1) is 15.4. The smallest absolute Gasteiger partial charge is 0.410 e. The van der Waals surface area contributed by atoms with Crippen molar-refractivity contribution in [1.82, 2.24) is 19.9 Å². The molecule has 0 atom stereocenters. The molecule has 2 aromatic rings. The van der Waals surface area contributed by atoms with Crippen molar-refractivity contribution in [2.45, 2.75) is 58.1 Å². The lowest BCUT2D eigenvalue weighted by Crippen LogP contribution is -2.55. The zero-order chi connectivity index (χ0) is 24.4. The number of ether oxygens (including phenoxy) is 2. The van der Waals surface area contributed by atoms with Crippen LogP contribution in [0.15, 0.2) is 18.5 Å². The van der Waals surface area contributed by atoms with Gasteiger partial charge in [0.25, 0.3) is 0 Å². The SMILES string of the molecule is COc1nccc(Cc2ncc(N3CCC(C)(N(C)C(=O)OC(C)(C)C)CC3)nc2Cl)c1Cl. The van der Waals surface area contributed by atoms with Crippen LogP contribution in [-0.4, -0.2) is 64.3 Å². The van der Waals surface area contributed by atoms with E-state index >= 15 is 0 Å². The third kappa shape index (κ3) is 5.98. The summed E-state index contributed by atoms with van der Waals surface area (Å²) in [6.07, 6.45) is 5.02.